The van der Waals surface area contributed by atoms with Gasteiger partial charge in [0.1, 0.15) is 10.8 Å². The quantitative estimate of drug-likeness (QED) is 0.929. The van der Waals surface area contributed by atoms with Gasteiger partial charge in [-0.15, -0.1) is 11.3 Å². The van der Waals surface area contributed by atoms with Gasteiger partial charge in [-0.05, 0) is 54.0 Å². The summed E-state index contributed by atoms with van der Waals surface area (Å²) in [5.74, 6) is 0.878. The number of benzene rings is 1. The molecule has 0 aliphatic rings. The van der Waals surface area contributed by atoms with Crippen LogP contribution in [0, 0.1) is 0 Å². The van der Waals surface area contributed by atoms with Crippen molar-refractivity contribution in [2.45, 2.75) is 26.5 Å². The van der Waals surface area contributed by atoms with E-state index in [1.165, 1.54) is 0 Å². The number of rotatable bonds is 4. The number of thiazole rings is 1. The van der Waals surface area contributed by atoms with E-state index in [4.69, 9.17) is 10.5 Å². The summed E-state index contributed by atoms with van der Waals surface area (Å²) in [6.07, 6.45) is 0.189. The molecule has 0 aliphatic carbocycles. The van der Waals surface area contributed by atoms with Crippen LogP contribution in [-0.2, 0) is 6.54 Å². The summed E-state index contributed by atoms with van der Waals surface area (Å²) in [6, 6.07) is 7.96. The first-order chi connectivity index (χ1) is 8.60. The van der Waals surface area contributed by atoms with Gasteiger partial charge in [-0.25, -0.2) is 4.98 Å². The molecule has 3 nitrogen and oxygen atoms in total. The molecule has 0 saturated heterocycles. The van der Waals surface area contributed by atoms with E-state index in [1.807, 2.05) is 38.1 Å². The van der Waals surface area contributed by atoms with Gasteiger partial charge in [-0.3, -0.25) is 0 Å². The first kappa shape index (κ1) is 13.5. The molecule has 96 valence electrons. The Morgan fingerprint density at radius 1 is 1.33 bits per heavy atom. The Labute approximate surface area is 119 Å². The molecule has 1 aromatic heterocycles. The molecule has 5 heteroatoms. The molecule has 0 atom stereocenters. The molecular weight excluding hydrogens is 312 g/mol. The number of hydrogen-bond acceptors (Lipinski definition) is 4. The van der Waals surface area contributed by atoms with E-state index in [0.29, 0.717) is 6.54 Å². The van der Waals surface area contributed by atoms with Crippen LogP contribution >= 0.6 is 27.3 Å². The predicted octanol–water partition coefficient (Wildman–Crippen LogP) is 3.82. The first-order valence-corrected chi connectivity index (χ1v) is 7.33. The number of ether oxygens (including phenoxy) is 1. The fourth-order valence-electron chi connectivity index (χ4n) is 1.53. The number of hydrogen-bond donors (Lipinski definition) is 1. The lowest BCUT2D eigenvalue weighted by molar-refractivity contribution is 0.242. The molecule has 0 amide bonds. The van der Waals surface area contributed by atoms with Crippen molar-refractivity contribution in [2.75, 3.05) is 0 Å². The summed E-state index contributed by atoms with van der Waals surface area (Å²) >= 11 is 5.07. The summed E-state index contributed by atoms with van der Waals surface area (Å²) in [5.41, 5.74) is 7.60. The van der Waals surface area contributed by atoms with E-state index in [9.17, 15) is 0 Å². The maximum Gasteiger partial charge on any atom is 0.124 e. The summed E-state index contributed by atoms with van der Waals surface area (Å²) in [7, 11) is 0. The maximum absolute atomic E-state index is 5.62. The van der Waals surface area contributed by atoms with E-state index >= 15 is 0 Å². The van der Waals surface area contributed by atoms with E-state index in [1.54, 1.807) is 11.3 Å². The molecule has 0 bridgehead atoms. The third kappa shape index (κ3) is 3.10. The van der Waals surface area contributed by atoms with Gasteiger partial charge in [0.15, 0.2) is 0 Å². The number of halogens is 1. The third-order valence-corrected chi connectivity index (χ3v) is 4.19. The Bertz CT molecular complexity index is 522. The van der Waals surface area contributed by atoms with Crippen LogP contribution in [0.15, 0.2) is 28.1 Å². The molecule has 2 rings (SSSR count). The summed E-state index contributed by atoms with van der Waals surface area (Å²) < 4.78 is 6.61. The maximum atomic E-state index is 5.62. The zero-order valence-corrected chi connectivity index (χ0v) is 12.7. The summed E-state index contributed by atoms with van der Waals surface area (Å²) in [6.45, 7) is 4.48. The molecule has 0 radical (unpaired) electrons. The standard InChI is InChI=1S/C13H15BrN2OS/c1-8(2)17-10-5-3-9(4-6-10)13-16-11(7-15)12(14)18-13/h3-6,8H,7,15H2,1-2H3. The average Bonchev–Trinajstić information content (AvgIpc) is 2.71. The van der Waals surface area contributed by atoms with E-state index in [2.05, 4.69) is 20.9 Å². The second kappa shape index (κ2) is 5.82. The SMILES string of the molecule is CC(C)Oc1ccc(-c2nc(CN)c(Br)s2)cc1. The van der Waals surface area contributed by atoms with Crippen LogP contribution in [0.2, 0.25) is 0 Å². The average molecular weight is 327 g/mol. The number of aromatic nitrogens is 1. The van der Waals surface area contributed by atoms with Gasteiger partial charge < -0.3 is 10.5 Å². The monoisotopic (exact) mass is 326 g/mol. The van der Waals surface area contributed by atoms with Gasteiger partial charge in [0.25, 0.3) is 0 Å². The largest absolute Gasteiger partial charge is 0.491 e. The lowest BCUT2D eigenvalue weighted by atomic mass is 10.2. The zero-order valence-electron chi connectivity index (χ0n) is 10.3. The van der Waals surface area contributed by atoms with Crippen LogP contribution in [0.25, 0.3) is 10.6 Å². The second-order valence-electron chi connectivity index (χ2n) is 4.13. The molecule has 1 heterocycles. The molecule has 1 aromatic carbocycles. The van der Waals surface area contributed by atoms with E-state index < -0.39 is 0 Å². The molecule has 0 aliphatic heterocycles. The Kier molecular flexibility index (Phi) is 4.37. The highest BCUT2D eigenvalue weighted by Crippen LogP contribution is 2.32. The second-order valence-corrected chi connectivity index (χ2v) is 6.45. The summed E-state index contributed by atoms with van der Waals surface area (Å²) in [5, 5.41) is 0.971. The topological polar surface area (TPSA) is 48.1 Å². The van der Waals surface area contributed by atoms with Crippen LogP contribution in [0.5, 0.6) is 5.75 Å². The molecule has 0 unspecified atom stereocenters. The minimum atomic E-state index is 0.189. The van der Waals surface area contributed by atoms with Crippen molar-refractivity contribution in [1.29, 1.82) is 0 Å². The highest BCUT2D eigenvalue weighted by atomic mass is 79.9. The Hall–Kier alpha value is -0.910. The fraction of sp³-hybridized carbons (Fsp3) is 0.308. The number of nitrogens with zero attached hydrogens (tertiary/aromatic N) is 1. The van der Waals surface area contributed by atoms with Crippen molar-refractivity contribution in [3.8, 4) is 16.3 Å². The lowest BCUT2D eigenvalue weighted by Crippen LogP contribution is -2.05. The van der Waals surface area contributed by atoms with Gasteiger partial charge in [0.2, 0.25) is 0 Å². The van der Waals surface area contributed by atoms with Crippen molar-refractivity contribution in [1.82, 2.24) is 4.98 Å². The molecule has 0 spiro atoms. The molecule has 2 aromatic rings. The molecule has 0 saturated carbocycles. The summed E-state index contributed by atoms with van der Waals surface area (Å²) in [4.78, 5) is 4.49. The lowest BCUT2D eigenvalue weighted by Gasteiger charge is -2.09. The van der Waals surface area contributed by atoms with Gasteiger partial charge in [-0.2, -0.15) is 0 Å². The van der Waals surface area contributed by atoms with Gasteiger partial charge in [0.05, 0.1) is 15.6 Å². The van der Waals surface area contributed by atoms with E-state index in [0.717, 1.165) is 25.8 Å². The minimum absolute atomic E-state index is 0.189. The van der Waals surface area contributed by atoms with Crippen LogP contribution < -0.4 is 10.5 Å². The fourth-order valence-corrected chi connectivity index (χ4v) is 3.07. The minimum Gasteiger partial charge on any atom is -0.491 e. The van der Waals surface area contributed by atoms with Crippen molar-refractivity contribution >= 4 is 27.3 Å². The first-order valence-electron chi connectivity index (χ1n) is 5.72. The van der Waals surface area contributed by atoms with Crippen LogP contribution in [0.1, 0.15) is 19.5 Å². The number of nitrogens with two attached hydrogens (primary N) is 1. The van der Waals surface area contributed by atoms with E-state index in [-0.39, 0.29) is 6.10 Å². The zero-order chi connectivity index (χ0) is 13.1. The normalized spacial score (nSPS) is 10.9. The van der Waals surface area contributed by atoms with Crippen molar-refractivity contribution in [2.24, 2.45) is 5.73 Å². The van der Waals surface area contributed by atoms with Crippen LogP contribution in [-0.4, -0.2) is 11.1 Å². The van der Waals surface area contributed by atoms with Crippen molar-refractivity contribution in [3.05, 3.63) is 33.7 Å². The third-order valence-electron chi connectivity index (χ3n) is 2.32. The Morgan fingerprint density at radius 2 is 2.00 bits per heavy atom. The highest BCUT2D eigenvalue weighted by Gasteiger charge is 2.09. The Morgan fingerprint density at radius 3 is 2.50 bits per heavy atom. The van der Waals surface area contributed by atoms with Gasteiger partial charge in [0, 0.05) is 12.1 Å². The van der Waals surface area contributed by atoms with Crippen LogP contribution in [0.4, 0.5) is 0 Å². The van der Waals surface area contributed by atoms with Gasteiger partial charge >= 0.3 is 0 Å². The van der Waals surface area contributed by atoms with Gasteiger partial charge in [-0.1, -0.05) is 0 Å². The smallest absolute Gasteiger partial charge is 0.124 e. The predicted molar refractivity (Wildman–Crippen MR) is 78.9 cm³/mol. The van der Waals surface area contributed by atoms with Crippen molar-refractivity contribution in [3.63, 3.8) is 0 Å². The molecular formula is C13H15BrN2OS. The molecule has 18 heavy (non-hydrogen) atoms. The van der Waals surface area contributed by atoms with Crippen molar-refractivity contribution < 1.29 is 4.74 Å². The molecule has 2 N–H and O–H groups in total. The Balaban J connectivity index is 2.22. The van der Waals surface area contributed by atoms with Crippen LogP contribution in [0.3, 0.4) is 0 Å². The highest BCUT2D eigenvalue weighted by molar-refractivity contribution is 9.11. The molecule has 0 fully saturated rings.